The first kappa shape index (κ1) is 33.1. The van der Waals surface area contributed by atoms with E-state index >= 15 is 0 Å². The molecule has 0 spiro atoms. The maximum absolute atomic E-state index is 6.00. The maximum Gasteiger partial charge on any atom is 0.202 e. The Labute approximate surface area is 339 Å². The van der Waals surface area contributed by atoms with Crippen LogP contribution in [0.5, 0.6) is 0 Å². The van der Waals surface area contributed by atoms with Crippen LogP contribution in [0.2, 0.25) is 0 Å². The van der Waals surface area contributed by atoms with Gasteiger partial charge in [-0.25, -0.2) is 9.97 Å². The summed E-state index contributed by atoms with van der Waals surface area (Å²) in [4.78, 5) is 11.6. The number of rotatable bonds is 6. The minimum atomic E-state index is -3.05. The van der Waals surface area contributed by atoms with Gasteiger partial charge in [0.1, 0.15) is 5.82 Å². The summed E-state index contributed by atoms with van der Waals surface area (Å²) in [5, 5.41) is 10.9. The van der Waals surface area contributed by atoms with Gasteiger partial charge in [0.2, 0.25) is 8.07 Å². The molecule has 0 aliphatic rings. The number of pyridine rings is 2. The molecule has 5 heterocycles. The average Bonchev–Trinajstić information content (AvgIpc) is 3.95. The lowest BCUT2D eigenvalue weighted by molar-refractivity contribution is 1.10. The molecule has 0 saturated heterocycles. The number of hydrogen-bond donors (Lipinski definition) is 0. The fraction of sp³-hybridized carbons (Fsp3) is 0. The third-order valence-electron chi connectivity index (χ3n) is 11.9. The zero-order valence-corrected chi connectivity index (χ0v) is 33.1. The molecule has 0 radical (unpaired) electrons. The first-order valence-electron chi connectivity index (χ1n) is 19.7. The second-order valence-corrected chi connectivity index (χ2v) is 19.7. The SMILES string of the molecule is c1ccc([Si](c2ccccc2)(c2ccccc2)c2cc3c(sc4ccc(-n5c6ccccc6c6ccccc65)nc43)c(-n3c4ccccc4c4ccccc43)n2)cc1. The molecule has 12 aromatic rings. The largest absolute Gasteiger partial charge is 0.294 e. The van der Waals surface area contributed by atoms with Crippen LogP contribution in [0.15, 0.2) is 206 Å². The lowest BCUT2D eigenvalue weighted by Crippen LogP contribution is -2.75. The van der Waals surface area contributed by atoms with Gasteiger partial charge in [-0.2, -0.15) is 0 Å². The van der Waals surface area contributed by atoms with Gasteiger partial charge in [0, 0.05) is 32.2 Å². The third-order valence-corrected chi connectivity index (χ3v) is 17.7. The van der Waals surface area contributed by atoms with Crippen LogP contribution in [0.3, 0.4) is 0 Å². The smallest absolute Gasteiger partial charge is 0.202 e. The molecule has 272 valence electrons. The first-order chi connectivity index (χ1) is 28.8. The monoisotopic (exact) mass is 774 g/mol. The van der Waals surface area contributed by atoms with Gasteiger partial charge in [-0.15, -0.1) is 11.3 Å². The molecule has 58 heavy (non-hydrogen) atoms. The van der Waals surface area contributed by atoms with Crippen LogP contribution >= 0.6 is 11.3 Å². The molecule has 12 rings (SSSR count). The molecule has 0 saturated carbocycles. The van der Waals surface area contributed by atoms with Crippen molar-refractivity contribution in [1.82, 2.24) is 19.1 Å². The van der Waals surface area contributed by atoms with E-state index in [9.17, 15) is 0 Å². The second kappa shape index (κ2) is 13.0. The summed E-state index contributed by atoms with van der Waals surface area (Å²) >= 11 is 1.78. The van der Waals surface area contributed by atoms with Crippen molar-refractivity contribution in [2.45, 2.75) is 0 Å². The fourth-order valence-electron chi connectivity index (χ4n) is 9.41. The van der Waals surface area contributed by atoms with E-state index in [1.165, 1.54) is 37.1 Å². The standard InChI is InChI=1S/C52H34N4SSi/c1-4-18-35(19-5-1)58(36-20-6-2-7-21-36,37-22-8-3-9-23-37)49-34-42-50-47(32-33-48(53-50)55-43-28-14-10-24-38(43)39-25-11-15-29-44(39)55)57-51(42)52(54-49)56-45-30-16-12-26-40(45)41-27-13-17-31-46(41)56/h1-34H. The van der Waals surface area contributed by atoms with Crippen LogP contribution in [0.4, 0.5) is 0 Å². The quantitative estimate of drug-likeness (QED) is 0.125. The summed E-state index contributed by atoms with van der Waals surface area (Å²) in [5.41, 5.74) is 5.55. The summed E-state index contributed by atoms with van der Waals surface area (Å²) < 4.78 is 6.97. The molecule has 7 aromatic carbocycles. The highest BCUT2D eigenvalue weighted by Gasteiger charge is 2.44. The Morgan fingerprint density at radius 3 is 1.26 bits per heavy atom. The van der Waals surface area contributed by atoms with E-state index < -0.39 is 8.07 Å². The Bertz CT molecular complexity index is 3310. The van der Waals surface area contributed by atoms with Crippen LogP contribution in [-0.4, -0.2) is 27.2 Å². The van der Waals surface area contributed by atoms with Crippen molar-refractivity contribution in [3.05, 3.63) is 206 Å². The number of thiophene rings is 1. The number of hydrogen-bond acceptors (Lipinski definition) is 3. The van der Waals surface area contributed by atoms with Gasteiger partial charge in [0.05, 0.1) is 37.0 Å². The summed E-state index contributed by atoms with van der Waals surface area (Å²) in [6, 6.07) is 74.9. The van der Waals surface area contributed by atoms with Crippen molar-refractivity contribution in [1.29, 1.82) is 0 Å². The van der Waals surface area contributed by atoms with Crippen molar-refractivity contribution in [3.63, 3.8) is 0 Å². The molecule has 0 bridgehead atoms. The Morgan fingerprint density at radius 2 is 0.793 bits per heavy atom. The summed E-state index contributed by atoms with van der Waals surface area (Å²) in [5.74, 6) is 1.84. The molecule has 0 atom stereocenters. The Balaban J connectivity index is 1.26. The number of aromatic nitrogens is 4. The zero-order valence-electron chi connectivity index (χ0n) is 31.3. The van der Waals surface area contributed by atoms with Crippen LogP contribution in [0.1, 0.15) is 0 Å². The minimum absolute atomic E-state index is 0.902. The van der Waals surface area contributed by atoms with Crippen LogP contribution in [0.25, 0.3) is 75.6 Å². The van der Waals surface area contributed by atoms with Crippen molar-refractivity contribution in [3.8, 4) is 11.6 Å². The maximum atomic E-state index is 6.00. The second-order valence-electron chi connectivity index (χ2n) is 14.9. The van der Waals surface area contributed by atoms with E-state index in [0.717, 1.165) is 59.3 Å². The average molecular weight is 775 g/mol. The van der Waals surface area contributed by atoms with Gasteiger partial charge in [0.25, 0.3) is 0 Å². The lowest BCUT2D eigenvalue weighted by atomic mass is 10.2. The molecule has 0 amide bonds. The zero-order chi connectivity index (χ0) is 38.2. The van der Waals surface area contributed by atoms with Crippen LogP contribution < -0.4 is 20.9 Å². The molecule has 0 unspecified atom stereocenters. The van der Waals surface area contributed by atoms with Gasteiger partial charge in [-0.1, -0.05) is 164 Å². The van der Waals surface area contributed by atoms with Crippen LogP contribution in [-0.2, 0) is 0 Å². The van der Waals surface area contributed by atoms with Crippen LogP contribution in [0, 0.1) is 0 Å². The molecule has 6 heteroatoms. The molecule has 0 fully saturated rings. The van der Waals surface area contributed by atoms with E-state index in [2.05, 4.69) is 215 Å². The highest BCUT2D eigenvalue weighted by Crippen LogP contribution is 2.40. The molecule has 4 nitrogen and oxygen atoms in total. The van der Waals surface area contributed by atoms with Crippen molar-refractivity contribution in [2.24, 2.45) is 0 Å². The molecular weight excluding hydrogens is 741 g/mol. The van der Waals surface area contributed by atoms with Gasteiger partial charge < -0.3 is 0 Å². The predicted octanol–water partition coefficient (Wildman–Crippen LogP) is 10.4. The summed E-state index contributed by atoms with van der Waals surface area (Å²) in [6.07, 6.45) is 0. The Morgan fingerprint density at radius 1 is 0.379 bits per heavy atom. The number of fused-ring (bicyclic) bond motifs is 9. The lowest BCUT2D eigenvalue weighted by Gasteiger charge is -2.33. The van der Waals surface area contributed by atoms with E-state index in [0.29, 0.717) is 0 Å². The minimum Gasteiger partial charge on any atom is -0.294 e. The highest BCUT2D eigenvalue weighted by atomic mass is 32.1. The molecule has 5 aromatic heterocycles. The Hall–Kier alpha value is -7.12. The third kappa shape index (κ3) is 4.73. The highest BCUT2D eigenvalue weighted by molar-refractivity contribution is 7.26. The van der Waals surface area contributed by atoms with Gasteiger partial charge >= 0.3 is 0 Å². The Kier molecular flexibility index (Phi) is 7.39. The topological polar surface area (TPSA) is 35.6 Å². The molecular formula is C52H34N4SSi. The fourth-order valence-corrected chi connectivity index (χ4v) is 15.1. The summed E-state index contributed by atoms with van der Waals surface area (Å²) in [6.45, 7) is 0. The normalized spacial score (nSPS) is 12.1. The van der Waals surface area contributed by atoms with Gasteiger partial charge in [-0.3, -0.25) is 9.13 Å². The van der Waals surface area contributed by atoms with Gasteiger partial charge in [0.15, 0.2) is 5.82 Å². The molecule has 0 aliphatic carbocycles. The van der Waals surface area contributed by atoms with E-state index in [4.69, 9.17) is 9.97 Å². The molecule has 0 aliphatic heterocycles. The first-order valence-corrected chi connectivity index (χ1v) is 22.5. The predicted molar refractivity (Wildman–Crippen MR) is 247 cm³/mol. The number of benzene rings is 7. The van der Waals surface area contributed by atoms with Crippen molar-refractivity contribution < 1.29 is 0 Å². The van der Waals surface area contributed by atoms with Gasteiger partial charge in [-0.05, 0) is 58.0 Å². The summed E-state index contributed by atoms with van der Waals surface area (Å²) in [7, 11) is -3.05. The van der Waals surface area contributed by atoms with E-state index in [1.807, 2.05) is 0 Å². The van der Waals surface area contributed by atoms with Crippen molar-refractivity contribution in [2.75, 3.05) is 0 Å². The molecule has 0 N–H and O–H groups in total. The van der Waals surface area contributed by atoms with E-state index in [1.54, 1.807) is 11.3 Å². The van der Waals surface area contributed by atoms with E-state index in [-0.39, 0.29) is 0 Å². The number of nitrogens with zero attached hydrogens (tertiary/aromatic N) is 4. The van der Waals surface area contributed by atoms with Crippen molar-refractivity contribution >= 4 is 104 Å². The number of para-hydroxylation sites is 4.